The third-order valence-corrected chi connectivity index (χ3v) is 8.16. The van der Waals surface area contributed by atoms with Gasteiger partial charge in [-0.2, -0.15) is 0 Å². The largest absolute Gasteiger partial charge is 0.496 e. The molecule has 0 fully saturated rings. The Bertz CT molecular complexity index is 1530. The number of fused-ring (bicyclic) bond motifs is 2. The standard InChI is InChI=1S/C32H35BrN2O5/c1-35(2)15-13-32(36,26-8-6-7-20-12-16-40-29(20)26)28(24-11-14-34-31(39-5)30(24)38-4)25-18-22-17-23(33)10-9-21(22)19-27(25)37-3/h6-11,14,17-19,28,36H,12-13,15-16H2,1-5H3/t28-,32-/m1/s1. The molecule has 2 atom stereocenters. The van der Waals surface area contributed by atoms with Crippen LogP contribution in [0.3, 0.4) is 0 Å². The number of para-hydroxylation sites is 1. The topological polar surface area (TPSA) is 73.3 Å². The molecule has 0 spiro atoms. The van der Waals surface area contributed by atoms with Crippen molar-refractivity contribution in [1.82, 2.24) is 9.88 Å². The number of methoxy groups -OCH3 is 3. The van der Waals surface area contributed by atoms with E-state index in [2.05, 4.69) is 44.0 Å². The molecule has 0 aliphatic carbocycles. The number of hydrogen-bond acceptors (Lipinski definition) is 7. The third-order valence-electron chi connectivity index (χ3n) is 7.67. The first-order valence-corrected chi connectivity index (χ1v) is 14.1. The Morgan fingerprint density at radius 3 is 2.55 bits per heavy atom. The van der Waals surface area contributed by atoms with Crippen molar-refractivity contribution >= 4 is 26.7 Å². The van der Waals surface area contributed by atoms with Gasteiger partial charge in [-0.05, 0) is 67.2 Å². The fourth-order valence-electron chi connectivity index (χ4n) is 5.76. The highest BCUT2D eigenvalue weighted by atomic mass is 79.9. The summed E-state index contributed by atoms with van der Waals surface area (Å²) >= 11 is 3.62. The predicted octanol–water partition coefficient (Wildman–Crippen LogP) is 5.93. The Kier molecular flexibility index (Phi) is 8.21. The van der Waals surface area contributed by atoms with Crippen molar-refractivity contribution < 1.29 is 24.1 Å². The van der Waals surface area contributed by atoms with Gasteiger partial charge in [0, 0.05) is 46.2 Å². The summed E-state index contributed by atoms with van der Waals surface area (Å²) in [6.45, 7) is 1.21. The zero-order valence-electron chi connectivity index (χ0n) is 23.5. The second-order valence-electron chi connectivity index (χ2n) is 10.3. The van der Waals surface area contributed by atoms with Crippen LogP contribution in [0.15, 0.2) is 65.3 Å². The van der Waals surface area contributed by atoms with E-state index in [0.29, 0.717) is 37.0 Å². The number of pyridine rings is 1. The van der Waals surface area contributed by atoms with Gasteiger partial charge in [0.1, 0.15) is 17.1 Å². The van der Waals surface area contributed by atoms with Gasteiger partial charge in [0.05, 0.1) is 27.9 Å². The van der Waals surface area contributed by atoms with Gasteiger partial charge in [-0.15, -0.1) is 0 Å². The van der Waals surface area contributed by atoms with Gasteiger partial charge < -0.3 is 29.0 Å². The molecule has 0 unspecified atom stereocenters. The molecule has 0 saturated heterocycles. The summed E-state index contributed by atoms with van der Waals surface area (Å²) in [6, 6.07) is 18.2. The minimum Gasteiger partial charge on any atom is -0.496 e. The quantitative estimate of drug-likeness (QED) is 0.240. The number of rotatable bonds is 10. The molecular formula is C32H35BrN2O5. The first-order chi connectivity index (χ1) is 19.3. The number of nitrogens with zero attached hydrogens (tertiary/aromatic N) is 2. The second kappa shape index (κ2) is 11.6. The molecule has 1 aromatic heterocycles. The lowest BCUT2D eigenvalue weighted by Gasteiger charge is -2.40. The molecule has 40 heavy (non-hydrogen) atoms. The molecular weight excluding hydrogens is 572 g/mol. The maximum absolute atomic E-state index is 13.2. The number of ether oxygens (including phenoxy) is 4. The van der Waals surface area contributed by atoms with Gasteiger partial charge in [0.15, 0.2) is 5.75 Å². The maximum Gasteiger partial charge on any atom is 0.257 e. The molecule has 1 N–H and O–H groups in total. The molecule has 8 heteroatoms. The number of halogens is 1. The number of benzene rings is 3. The van der Waals surface area contributed by atoms with Crippen LogP contribution in [0.25, 0.3) is 10.8 Å². The summed E-state index contributed by atoms with van der Waals surface area (Å²) < 4.78 is 24.7. The fraction of sp³-hybridized carbons (Fsp3) is 0.344. The molecule has 7 nitrogen and oxygen atoms in total. The Labute approximate surface area is 243 Å². The zero-order valence-corrected chi connectivity index (χ0v) is 25.1. The van der Waals surface area contributed by atoms with E-state index in [-0.39, 0.29) is 0 Å². The van der Waals surface area contributed by atoms with Crippen LogP contribution in [-0.2, 0) is 12.0 Å². The lowest BCUT2D eigenvalue weighted by molar-refractivity contribution is 0.00125. The molecule has 4 aromatic rings. The van der Waals surface area contributed by atoms with Gasteiger partial charge in [-0.3, -0.25) is 0 Å². The summed E-state index contributed by atoms with van der Waals surface area (Å²) in [4.78, 5) is 6.47. The van der Waals surface area contributed by atoms with Gasteiger partial charge in [-0.25, -0.2) is 4.98 Å². The Morgan fingerprint density at radius 1 is 1.00 bits per heavy atom. The lowest BCUT2D eigenvalue weighted by atomic mass is 9.70. The number of aliphatic hydroxyl groups is 1. The van der Waals surface area contributed by atoms with Crippen LogP contribution in [0.1, 0.15) is 34.6 Å². The van der Waals surface area contributed by atoms with Crippen LogP contribution in [0.4, 0.5) is 0 Å². The molecule has 0 bridgehead atoms. The predicted molar refractivity (Wildman–Crippen MR) is 160 cm³/mol. The van der Waals surface area contributed by atoms with Gasteiger partial charge in [-0.1, -0.05) is 40.2 Å². The second-order valence-corrected chi connectivity index (χ2v) is 11.2. The molecule has 0 saturated carbocycles. The average Bonchev–Trinajstić information content (AvgIpc) is 3.44. The number of hydrogen-bond donors (Lipinski definition) is 1. The van der Waals surface area contributed by atoms with Gasteiger partial charge in [0.2, 0.25) is 0 Å². The van der Waals surface area contributed by atoms with E-state index in [4.69, 9.17) is 18.9 Å². The molecule has 0 radical (unpaired) electrons. The first kappa shape index (κ1) is 28.2. The van der Waals surface area contributed by atoms with Crippen molar-refractivity contribution in [2.75, 3.05) is 48.6 Å². The summed E-state index contributed by atoms with van der Waals surface area (Å²) in [5.74, 6) is 1.58. The Hall–Kier alpha value is -3.33. The van der Waals surface area contributed by atoms with Crippen molar-refractivity contribution in [1.29, 1.82) is 0 Å². The van der Waals surface area contributed by atoms with E-state index < -0.39 is 11.5 Å². The zero-order chi connectivity index (χ0) is 28.4. The first-order valence-electron chi connectivity index (χ1n) is 13.3. The minimum absolute atomic E-state index is 0.344. The lowest BCUT2D eigenvalue weighted by Crippen LogP contribution is -2.38. The molecule has 1 aliphatic rings. The maximum atomic E-state index is 13.2. The smallest absolute Gasteiger partial charge is 0.257 e. The Balaban J connectivity index is 1.88. The van der Waals surface area contributed by atoms with Crippen molar-refractivity contribution in [3.05, 3.63) is 87.5 Å². The van der Waals surface area contributed by atoms with Crippen LogP contribution in [0.5, 0.6) is 23.1 Å². The third kappa shape index (κ3) is 5.11. The summed E-state index contributed by atoms with van der Waals surface area (Å²) in [5, 5.41) is 15.2. The van der Waals surface area contributed by atoms with Crippen molar-refractivity contribution in [3.63, 3.8) is 0 Å². The number of aromatic nitrogens is 1. The van der Waals surface area contributed by atoms with Gasteiger partial charge >= 0.3 is 0 Å². The Morgan fingerprint density at radius 2 is 1.82 bits per heavy atom. The minimum atomic E-state index is -1.42. The molecule has 3 aromatic carbocycles. The van der Waals surface area contributed by atoms with E-state index in [1.54, 1.807) is 27.5 Å². The van der Waals surface area contributed by atoms with Crippen LogP contribution in [0, 0.1) is 0 Å². The summed E-state index contributed by atoms with van der Waals surface area (Å²) in [5.41, 5.74) is 1.96. The monoisotopic (exact) mass is 606 g/mol. The fourth-order valence-corrected chi connectivity index (χ4v) is 6.13. The highest BCUT2D eigenvalue weighted by Gasteiger charge is 2.46. The molecule has 1 aliphatic heterocycles. The summed E-state index contributed by atoms with van der Waals surface area (Å²) in [7, 11) is 8.83. The van der Waals surface area contributed by atoms with Crippen molar-refractivity contribution in [2.24, 2.45) is 0 Å². The van der Waals surface area contributed by atoms with E-state index in [1.807, 2.05) is 50.5 Å². The van der Waals surface area contributed by atoms with Crippen molar-refractivity contribution in [2.45, 2.75) is 24.4 Å². The SMILES string of the molecule is COc1cc2ccc(Br)cc2cc1[C@@H](c1ccnc(OC)c1OC)[C@@](O)(CCN(C)C)c1cccc2c1OCC2. The molecule has 210 valence electrons. The van der Waals surface area contributed by atoms with E-state index in [9.17, 15) is 5.11 Å². The highest BCUT2D eigenvalue weighted by Crippen LogP contribution is 2.54. The normalized spacial score (nSPS) is 14.9. The molecule has 2 heterocycles. The average molecular weight is 608 g/mol. The van der Waals surface area contributed by atoms with Gasteiger partial charge in [0.25, 0.3) is 5.88 Å². The van der Waals surface area contributed by atoms with Crippen LogP contribution in [-0.4, -0.2) is 63.6 Å². The molecule has 0 amide bonds. The van der Waals surface area contributed by atoms with Crippen LogP contribution >= 0.6 is 15.9 Å². The van der Waals surface area contributed by atoms with Crippen LogP contribution < -0.4 is 18.9 Å². The van der Waals surface area contributed by atoms with Crippen LogP contribution in [0.2, 0.25) is 0 Å². The summed E-state index contributed by atoms with van der Waals surface area (Å²) in [6.07, 6.45) is 2.90. The van der Waals surface area contributed by atoms with E-state index in [0.717, 1.165) is 49.7 Å². The van der Waals surface area contributed by atoms with E-state index >= 15 is 0 Å². The highest BCUT2D eigenvalue weighted by molar-refractivity contribution is 9.10. The molecule has 5 rings (SSSR count). The van der Waals surface area contributed by atoms with Crippen molar-refractivity contribution in [3.8, 4) is 23.1 Å². The van der Waals surface area contributed by atoms with E-state index in [1.165, 1.54) is 0 Å².